The first-order chi connectivity index (χ1) is 6.51. The van der Waals surface area contributed by atoms with Crippen LogP contribution in [0.15, 0.2) is 0 Å². The number of carbonyl (C=O) groups excluding carboxylic acids is 2. The number of amides is 2. The van der Waals surface area contributed by atoms with Crippen molar-refractivity contribution < 1.29 is 20.0 Å². The number of nitrogens with one attached hydrogen (secondary N) is 2. The van der Waals surface area contributed by atoms with Crippen molar-refractivity contribution in [2.75, 3.05) is 0 Å². The van der Waals surface area contributed by atoms with E-state index in [1.165, 1.54) is 11.0 Å². The second-order valence-corrected chi connectivity index (χ2v) is 3.54. The summed E-state index contributed by atoms with van der Waals surface area (Å²) in [5.41, 5.74) is 2.95. The smallest absolute Gasteiger partial charge is 0.246 e. The molecule has 14 heavy (non-hydrogen) atoms. The average molecular weight is 204 g/mol. The molecule has 0 saturated carbocycles. The van der Waals surface area contributed by atoms with Crippen molar-refractivity contribution in [2.45, 2.75) is 26.7 Å². The van der Waals surface area contributed by atoms with Crippen molar-refractivity contribution in [1.29, 1.82) is 0 Å². The molecule has 1 unspecified atom stereocenters. The maximum absolute atomic E-state index is 11.1. The minimum Gasteiger partial charge on any atom is -0.289 e. The van der Waals surface area contributed by atoms with Gasteiger partial charge in [0.05, 0.1) is 0 Å². The monoisotopic (exact) mass is 204 g/mol. The third-order valence-corrected chi connectivity index (χ3v) is 1.79. The molecule has 0 bridgehead atoms. The number of carbonyl (C=O) groups is 2. The van der Waals surface area contributed by atoms with E-state index in [1.807, 2.05) is 13.8 Å². The zero-order chi connectivity index (χ0) is 11.1. The van der Waals surface area contributed by atoms with Crippen molar-refractivity contribution in [2.24, 2.45) is 11.8 Å². The lowest BCUT2D eigenvalue weighted by molar-refractivity contribution is -0.139. The summed E-state index contributed by atoms with van der Waals surface area (Å²) in [4.78, 5) is 21.9. The topological polar surface area (TPSA) is 98.7 Å². The lowest BCUT2D eigenvalue weighted by Crippen LogP contribution is -2.33. The van der Waals surface area contributed by atoms with E-state index in [2.05, 4.69) is 0 Å². The first-order valence-electron chi connectivity index (χ1n) is 4.38. The molecule has 0 aromatic rings. The molecule has 0 aromatic carbocycles. The van der Waals surface area contributed by atoms with Crippen LogP contribution in [0.3, 0.4) is 0 Å². The second kappa shape index (κ2) is 6.33. The van der Waals surface area contributed by atoms with Crippen LogP contribution >= 0.6 is 0 Å². The number of hydrogen-bond acceptors (Lipinski definition) is 4. The summed E-state index contributed by atoms with van der Waals surface area (Å²) < 4.78 is 0. The molecular formula is C8H16N2O4. The Bertz CT molecular complexity index is 206. The van der Waals surface area contributed by atoms with Crippen molar-refractivity contribution >= 4 is 11.8 Å². The fourth-order valence-corrected chi connectivity index (χ4v) is 1.21. The van der Waals surface area contributed by atoms with Crippen LogP contribution in [0.4, 0.5) is 0 Å². The third kappa shape index (κ3) is 4.78. The van der Waals surface area contributed by atoms with Crippen LogP contribution in [0, 0.1) is 11.8 Å². The molecule has 0 aliphatic rings. The summed E-state index contributed by atoms with van der Waals surface area (Å²) in [7, 11) is 0. The minimum atomic E-state index is -0.640. The lowest BCUT2D eigenvalue weighted by Gasteiger charge is -2.15. The fraction of sp³-hybridized carbons (Fsp3) is 0.750. The SMILES string of the molecule is CC(C)CC(CC(=O)NO)C(=O)NO. The standard InChI is InChI=1S/C8H16N2O4/c1-5(2)3-6(8(12)10-14)4-7(11)9-13/h5-6,13-14H,3-4H2,1-2H3,(H,9,11)(H,10,12). The molecule has 2 amide bonds. The highest BCUT2D eigenvalue weighted by Crippen LogP contribution is 2.15. The molecule has 0 aliphatic heterocycles. The summed E-state index contributed by atoms with van der Waals surface area (Å²) in [5.74, 6) is -1.64. The number of hydroxylamine groups is 2. The zero-order valence-electron chi connectivity index (χ0n) is 8.28. The minimum absolute atomic E-state index is 0.138. The average Bonchev–Trinajstić information content (AvgIpc) is 2.14. The molecule has 0 spiro atoms. The molecule has 6 heteroatoms. The molecule has 0 saturated heterocycles. The highest BCUT2D eigenvalue weighted by atomic mass is 16.5. The van der Waals surface area contributed by atoms with E-state index in [4.69, 9.17) is 10.4 Å². The van der Waals surface area contributed by atoms with Gasteiger partial charge >= 0.3 is 0 Å². The van der Waals surface area contributed by atoms with Gasteiger partial charge in [-0.25, -0.2) is 11.0 Å². The fourth-order valence-electron chi connectivity index (χ4n) is 1.21. The quantitative estimate of drug-likeness (QED) is 0.375. The predicted octanol–water partition coefficient (Wildman–Crippen LogP) is 0.0496. The van der Waals surface area contributed by atoms with Gasteiger partial charge in [-0.15, -0.1) is 0 Å². The van der Waals surface area contributed by atoms with Gasteiger partial charge in [0.15, 0.2) is 0 Å². The summed E-state index contributed by atoms with van der Waals surface area (Å²) in [6, 6.07) is 0. The van der Waals surface area contributed by atoms with Gasteiger partial charge in [-0.05, 0) is 12.3 Å². The Morgan fingerprint density at radius 3 is 2.14 bits per heavy atom. The highest BCUT2D eigenvalue weighted by molar-refractivity contribution is 5.84. The van der Waals surface area contributed by atoms with Crippen LogP contribution < -0.4 is 11.0 Å². The maximum atomic E-state index is 11.1. The Balaban J connectivity index is 4.24. The molecule has 0 heterocycles. The van der Waals surface area contributed by atoms with Gasteiger partial charge in [0, 0.05) is 12.3 Å². The summed E-state index contributed by atoms with van der Waals surface area (Å²) >= 11 is 0. The maximum Gasteiger partial charge on any atom is 0.246 e. The van der Waals surface area contributed by atoms with Gasteiger partial charge in [-0.1, -0.05) is 13.8 Å². The van der Waals surface area contributed by atoms with E-state index < -0.39 is 17.7 Å². The molecular weight excluding hydrogens is 188 g/mol. The van der Waals surface area contributed by atoms with Gasteiger partial charge in [0.25, 0.3) is 0 Å². The molecule has 0 rings (SSSR count). The van der Waals surface area contributed by atoms with Crippen molar-refractivity contribution in [1.82, 2.24) is 11.0 Å². The zero-order valence-corrected chi connectivity index (χ0v) is 8.28. The largest absolute Gasteiger partial charge is 0.289 e. The Morgan fingerprint density at radius 2 is 1.79 bits per heavy atom. The van der Waals surface area contributed by atoms with Crippen LogP contribution in [0.1, 0.15) is 26.7 Å². The van der Waals surface area contributed by atoms with Crippen LogP contribution in [0.5, 0.6) is 0 Å². The summed E-state index contributed by atoms with van der Waals surface area (Å²) in [6.45, 7) is 3.79. The second-order valence-electron chi connectivity index (χ2n) is 3.54. The Morgan fingerprint density at radius 1 is 1.21 bits per heavy atom. The molecule has 0 radical (unpaired) electrons. The van der Waals surface area contributed by atoms with Gasteiger partial charge in [0.1, 0.15) is 0 Å². The van der Waals surface area contributed by atoms with Crippen LogP contribution in [0.25, 0.3) is 0 Å². The van der Waals surface area contributed by atoms with Gasteiger partial charge < -0.3 is 0 Å². The van der Waals surface area contributed by atoms with E-state index >= 15 is 0 Å². The van der Waals surface area contributed by atoms with E-state index in [1.54, 1.807) is 0 Å². The van der Waals surface area contributed by atoms with Crippen LogP contribution in [-0.4, -0.2) is 22.2 Å². The van der Waals surface area contributed by atoms with Crippen molar-refractivity contribution in [3.05, 3.63) is 0 Å². The molecule has 1 atom stereocenters. The van der Waals surface area contributed by atoms with E-state index in [0.29, 0.717) is 6.42 Å². The number of hydrogen-bond donors (Lipinski definition) is 4. The predicted molar refractivity (Wildman–Crippen MR) is 47.4 cm³/mol. The van der Waals surface area contributed by atoms with Crippen molar-refractivity contribution in [3.8, 4) is 0 Å². The molecule has 0 aliphatic carbocycles. The Hall–Kier alpha value is -1.14. The third-order valence-electron chi connectivity index (χ3n) is 1.79. The van der Waals surface area contributed by atoms with Gasteiger partial charge in [-0.3, -0.25) is 20.0 Å². The molecule has 6 nitrogen and oxygen atoms in total. The molecule has 4 N–H and O–H groups in total. The summed E-state index contributed by atoms with van der Waals surface area (Å²) in [6.07, 6.45) is 0.334. The lowest BCUT2D eigenvalue weighted by atomic mass is 9.93. The van der Waals surface area contributed by atoms with E-state index in [-0.39, 0.29) is 12.3 Å². The number of rotatable bonds is 5. The Kier molecular flexibility index (Phi) is 5.82. The van der Waals surface area contributed by atoms with E-state index in [0.717, 1.165) is 0 Å². The van der Waals surface area contributed by atoms with Crippen molar-refractivity contribution in [3.63, 3.8) is 0 Å². The van der Waals surface area contributed by atoms with Crippen LogP contribution in [-0.2, 0) is 9.59 Å². The van der Waals surface area contributed by atoms with Gasteiger partial charge in [-0.2, -0.15) is 0 Å². The first-order valence-corrected chi connectivity index (χ1v) is 4.38. The highest BCUT2D eigenvalue weighted by Gasteiger charge is 2.22. The Labute approximate surface area is 82.2 Å². The molecule has 0 aromatic heterocycles. The molecule has 82 valence electrons. The van der Waals surface area contributed by atoms with E-state index in [9.17, 15) is 9.59 Å². The van der Waals surface area contributed by atoms with Gasteiger partial charge in [0.2, 0.25) is 11.8 Å². The first kappa shape index (κ1) is 12.9. The van der Waals surface area contributed by atoms with Crippen LogP contribution in [0.2, 0.25) is 0 Å². The molecule has 0 fully saturated rings. The normalized spacial score (nSPS) is 12.4. The summed E-state index contributed by atoms with van der Waals surface area (Å²) in [5, 5.41) is 16.7.